The third kappa shape index (κ3) is 4.46. The van der Waals surface area contributed by atoms with E-state index >= 15 is 0 Å². The number of methoxy groups -OCH3 is 1. The van der Waals surface area contributed by atoms with E-state index < -0.39 is 6.04 Å². The van der Waals surface area contributed by atoms with Crippen molar-refractivity contribution in [3.63, 3.8) is 0 Å². The predicted octanol–water partition coefficient (Wildman–Crippen LogP) is 3.02. The van der Waals surface area contributed by atoms with Crippen molar-refractivity contribution in [1.82, 2.24) is 0 Å². The van der Waals surface area contributed by atoms with E-state index in [1.807, 2.05) is 26.0 Å². The van der Waals surface area contributed by atoms with Gasteiger partial charge in [0.1, 0.15) is 17.9 Å². The normalized spacial score (nSPS) is 15.4. The smallest absolute Gasteiger partial charge is 0.322 e. The Bertz CT molecular complexity index is 483. The lowest BCUT2D eigenvalue weighted by atomic mass is 9.83. The number of nitrogens with two attached hydrogens (primary N) is 1. The largest absolute Gasteiger partial charge is 0.496 e. The second-order valence-electron chi connectivity index (χ2n) is 5.95. The molecule has 0 bridgehead atoms. The standard InChI is InChI=1S/C17H27NO3/c1-10(2)16(13(5)21-17(19)12(4)18)14-8-7-11(3)9-15(14)20-6/h7-10,12-13,16H,18H2,1-6H3/t12-,13-,16+/m0/s1. The molecule has 118 valence electrons. The fourth-order valence-electron chi connectivity index (χ4n) is 2.61. The van der Waals surface area contributed by atoms with Crippen molar-refractivity contribution < 1.29 is 14.3 Å². The molecule has 0 fully saturated rings. The summed E-state index contributed by atoms with van der Waals surface area (Å²) in [5.74, 6) is 0.817. The number of hydrogen-bond donors (Lipinski definition) is 1. The zero-order valence-electron chi connectivity index (χ0n) is 13.8. The van der Waals surface area contributed by atoms with Crippen LogP contribution < -0.4 is 10.5 Å². The summed E-state index contributed by atoms with van der Waals surface area (Å²) >= 11 is 0. The molecule has 0 aliphatic rings. The Hall–Kier alpha value is -1.55. The summed E-state index contributed by atoms with van der Waals surface area (Å²) in [7, 11) is 1.66. The van der Waals surface area contributed by atoms with Gasteiger partial charge < -0.3 is 15.2 Å². The van der Waals surface area contributed by atoms with Crippen molar-refractivity contribution in [2.45, 2.75) is 52.7 Å². The average molecular weight is 293 g/mol. The van der Waals surface area contributed by atoms with Gasteiger partial charge in [0.05, 0.1) is 7.11 Å². The van der Waals surface area contributed by atoms with Gasteiger partial charge in [0, 0.05) is 11.5 Å². The maximum absolute atomic E-state index is 11.7. The molecule has 0 heterocycles. The molecule has 0 saturated carbocycles. The number of carbonyl (C=O) groups is 1. The molecule has 1 rings (SSSR count). The van der Waals surface area contributed by atoms with Crippen LogP contribution in [0.4, 0.5) is 0 Å². The third-order valence-electron chi connectivity index (χ3n) is 3.65. The average Bonchev–Trinajstić information content (AvgIpc) is 2.39. The fourth-order valence-corrected chi connectivity index (χ4v) is 2.61. The fraction of sp³-hybridized carbons (Fsp3) is 0.588. The Balaban J connectivity index is 3.09. The lowest BCUT2D eigenvalue weighted by molar-refractivity contribution is -0.151. The first-order valence-electron chi connectivity index (χ1n) is 7.38. The van der Waals surface area contributed by atoms with Crippen molar-refractivity contribution >= 4 is 5.97 Å². The summed E-state index contributed by atoms with van der Waals surface area (Å²) in [5.41, 5.74) is 7.77. The lowest BCUT2D eigenvalue weighted by Gasteiger charge is -2.29. The summed E-state index contributed by atoms with van der Waals surface area (Å²) in [6.45, 7) is 9.78. The third-order valence-corrected chi connectivity index (χ3v) is 3.65. The number of aryl methyl sites for hydroxylation is 1. The van der Waals surface area contributed by atoms with Gasteiger partial charge in [0.2, 0.25) is 0 Å². The number of ether oxygens (including phenoxy) is 2. The molecule has 0 aliphatic carbocycles. The minimum Gasteiger partial charge on any atom is -0.496 e. The second-order valence-corrected chi connectivity index (χ2v) is 5.95. The Morgan fingerprint density at radius 1 is 1.19 bits per heavy atom. The summed E-state index contributed by atoms with van der Waals surface area (Å²) in [5, 5.41) is 0. The molecule has 21 heavy (non-hydrogen) atoms. The van der Waals surface area contributed by atoms with Gasteiger partial charge in [-0.3, -0.25) is 4.79 Å². The SMILES string of the molecule is COc1cc(C)ccc1[C@H](C(C)C)[C@H](C)OC(=O)[C@H](C)N. The summed E-state index contributed by atoms with van der Waals surface area (Å²) in [6, 6.07) is 5.49. The lowest BCUT2D eigenvalue weighted by Crippen LogP contribution is -2.34. The highest BCUT2D eigenvalue weighted by atomic mass is 16.5. The van der Waals surface area contributed by atoms with Gasteiger partial charge >= 0.3 is 5.97 Å². The van der Waals surface area contributed by atoms with E-state index in [2.05, 4.69) is 19.9 Å². The van der Waals surface area contributed by atoms with Crippen molar-refractivity contribution in [2.75, 3.05) is 7.11 Å². The van der Waals surface area contributed by atoms with E-state index in [1.54, 1.807) is 14.0 Å². The predicted molar refractivity (Wildman–Crippen MR) is 84.5 cm³/mol. The number of benzene rings is 1. The van der Waals surface area contributed by atoms with Crippen LogP contribution in [0.1, 0.15) is 44.7 Å². The van der Waals surface area contributed by atoms with Gasteiger partial charge in [-0.1, -0.05) is 26.0 Å². The zero-order valence-corrected chi connectivity index (χ0v) is 13.8. The molecule has 0 unspecified atom stereocenters. The van der Waals surface area contributed by atoms with Crippen LogP contribution in [-0.4, -0.2) is 25.2 Å². The minimum absolute atomic E-state index is 0.0586. The number of carbonyl (C=O) groups excluding carboxylic acids is 1. The van der Waals surface area contributed by atoms with Crippen LogP contribution >= 0.6 is 0 Å². The first kappa shape index (κ1) is 17.5. The van der Waals surface area contributed by atoms with Gasteiger partial charge in [0.15, 0.2) is 0 Å². The molecule has 1 aromatic carbocycles. The van der Waals surface area contributed by atoms with E-state index in [0.29, 0.717) is 5.92 Å². The van der Waals surface area contributed by atoms with Gasteiger partial charge in [-0.25, -0.2) is 0 Å². The van der Waals surface area contributed by atoms with Crippen LogP contribution in [0.2, 0.25) is 0 Å². The molecule has 0 amide bonds. The molecule has 0 saturated heterocycles. The summed E-state index contributed by atoms with van der Waals surface area (Å²) in [6.07, 6.45) is -0.264. The van der Waals surface area contributed by atoms with Crippen LogP contribution in [-0.2, 0) is 9.53 Å². The molecular formula is C17H27NO3. The molecule has 4 heteroatoms. The number of hydrogen-bond acceptors (Lipinski definition) is 4. The van der Waals surface area contributed by atoms with E-state index in [1.165, 1.54) is 0 Å². The monoisotopic (exact) mass is 293 g/mol. The molecular weight excluding hydrogens is 266 g/mol. The van der Waals surface area contributed by atoms with E-state index in [0.717, 1.165) is 16.9 Å². The first-order chi connectivity index (χ1) is 9.77. The van der Waals surface area contributed by atoms with Gasteiger partial charge in [0.25, 0.3) is 0 Å². The molecule has 2 N–H and O–H groups in total. The van der Waals surface area contributed by atoms with Crippen LogP contribution in [0.5, 0.6) is 5.75 Å². The molecule has 1 aromatic rings. The van der Waals surface area contributed by atoms with E-state index in [9.17, 15) is 4.79 Å². The maximum atomic E-state index is 11.7. The molecule has 3 atom stereocenters. The molecule has 0 radical (unpaired) electrons. The van der Waals surface area contributed by atoms with Crippen molar-refractivity contribution in [1.29, 1.82) is 0 Å². The second kappa shape index (κ2) is 7.46. The molecule has 0 spiro atoms. The van der Waals surface area contributed by atoms with Gasteiger partial charge in [-0.15, -0.1) is 0 Å². The highest BCUT2D eigenvalue weighted by Crippen LogP contribution is 2.36. The Morgan fingerprint density at radius 3 is 2.29 bits per heavy atom. The van der Waals surface area contributed by atoms with Gasteiger partial charge in [-0.05, 0) is 38.3 Å². The Morgan fingerprint density at radius 2 is 1.81 bits per heavy atom. The maximum Gasteiger partial charge on any atom is 0.322 e. The Kier molecular flexibility index (Phi) is 6.21. The van der Waals surface area contributed by atoms with Crippen molar-refractivity contribution in [3.05, 3.63) is 29.3 Å². The molecule has 0 aliphatic heterocycles. The quantitative estimate of drug-likeness (QED) is 0.819. The minimum atomic E-state index is -0.611. The van der Waals surface area contributed by atoms with Crippen LogP contribution in [0, 0.1) is 12.8 Å². The molecule has 4 nitrogen and oxygen atoms in total. The van der Waals surface area contributed by atoms with Crippen LogP contribution in [0.25, 0.3) is 0 Å². The van der Waals surface area contributed by atoms with Crippen LogP contribution in [0.3, 0.4) is 0 Å². The molecule has 0 aromatic heterocycles. The summed E-state index contributed by atoms with van der Waals surface area (Å²) < 4.78 is 11.0. The van der Waals surface area contributed by atoms with Crippen molar-refractivity contribution in [3.8, 4) is 5.75 Å². The Labute approximate surface area is 127 Å². The zero-order chi connectivity index (χ0) is 16.2. The highest BCUT2D eigenvalue weighted by Gasteiger charge is 2.29. The highest BCUT2D eigenvalue weighted by molar-refractivity contribution is 5.75. The van der Waals surface area contributed by atoms with E-state index in [4.69, 9.17) is 15.2 Å². The summed E-state index contributed by atoms with van der Waals surface area (Å²) in [4.78, 5) is 11.7. The topological polar surface area (TPSA) is 61.5 Å². The van der Waals surface area contributed by atoms with Crippen LogP contribution in [0.15, 0.2) is 18.2 Å². The first-order valence-corrected chi connectivity index (χ1v) is 7.38. The van der Waals surface area contributed by atoms with Gasteiger partial charge in [-0.2, -0.15) is 0 Å². The number of rotatable bonds is 6. The van der Waals surface area contributed by atoms with Crippen molar-refractivity contribution in [2.24, 2.45) is 11.7 Å². The number of esters is 1. The van der Waals surface area contributed by atoms with E-state index in [-0.39, 0.29) is 18.0 Å².